The molecule has 1 rings (SSSR count). The molecule has 0 saturated heterocycles. The molecule has 1 aromatic rings. The molecule has 5 nitrogen and oxygen atoms in total. The Balaban J connectivity index is 3.03. The number of carbonyl (C=O) groups is 2. The third-order valence-electron chi connectivity index (χ3n) is 1.59. The van der Waals surface area contributed by atoms with E-state index in [0.29, 0.717) is 12.9 Å². The predicted octanol–water partition coefficient (Wildman–Crippen LogP) is 2.06. The minimum absolute atomic E-state index is 0.150. The third kappa shape index (κ3) is 3.47. The van der Waals surface area contributed by atoms with Crippen LogP contribution < -0.4 is 4.74 Å². The lowest BCUT2D eigenvalue weighted by Gasteiger charge is -2.09. The van der Waals surface area contributed by atoms with Gasteiger partial charge in [-0.25, -0.2) is 9.59 Å². The van der Waals surface area contributed by atoms with Crippen LogP contribution >= 0.6 is 45.2 Å². The van der Waals surface area contributed by atoms with Gasteiger partial charge in [0.15, 0.2) is 6.61 Å². The van der Waals surface area contributed by atoms with Gasteiger partial charge in [-0.15, -0.1) is 0 Å². The second-order valence-electron chi connectivity index (χ2n) is 2.76. The van der Waals surface area contributed by atoms with Gasteiger partial charge in [0, 0.05) is 0 Å². The molecule has 0 unspecified atom stereocenters. The molecule has 86 valence electrons. The molecule has 0 bridgehead atoms. The fourth-order valence-electron chi connectivity index (χ4n) is 0.955. The normalized spacial score (nSPS) is 9.88. The van der Waals surface area contributed by atoms with Crippen molar-refractivity contribution in [3.8, 4) is 5.75 Å². The largest absolute Gasteiger partial charge is 0.480 e. The van der Waals surface area contributed by atoms with Crippen molar-refractivity contribution in [1.29, 1.82) is 0 Å². The topological polar surface area (TPSA) is 83.8 Å². The fourth-order valence-corrected chi connectivity index (χ4v) is 3.03. The number of halogens is 2. The van der Waals surface area contributed by atoms with Crippen LogP contribution in [-0.4, -0.2) is 28.8 Å². The minimum atomic E-state index is -1.08. The summed E-state index contributed by atoms with van der Waals surface area (Å²) >= 11 is 3.81. The molecule has 2 N–H and O–H groups in total. The zero-order chi connectivity index (χ0) is 12.3. The molecule has 0 amide bonds. The molecular weight excluding hydrogens is 442 g/mol. The first-order valence-corrected chi connectivity index (χ1v) is 6.14. The average Bonchev–Trinajstić information content (AvgIpc) is 2.15. The second kappa shape index (κ2) is 5.66. The molecule has 0 aliphatic rings. The van der Waals surface area contributed by atoms with E-state index in [2.05, 4.69) is 0 Å². The first-order valence-electron chi connectivity index (χ1n) is 3.98. The Kier molecular flexibility index (Phi) is 4.77. The molecule has 0 spiro atoms. The molecular formula is C9H6I2O5. The van der Waals surface area contributed by atoms with Gasteiger partial charge >= 0.3 is 11.9 Å². The van der Waals surface area contributed by atoms with Crippen molar-refractivity contribution in [3.63, 3.8) is 0 Å². The molecule has 0 saturated carbocycles. The molecule has 16 heavy (non-hydrogen) atoms. The van der Waals surface area contributed by atoms with Crippen molar-refractivity contribution in [2.75, 3.05) is 6.61 Å². The maximum atomic E-state index is 10.7. The molecule has 0 aliphatic heterocycles. The Hall–Kier alpha value is -0.580. The molecule has 0 fully saturated rings. The predicted molar refractivity (Wildman–Crippen MR) is 72.0 cm³/mol. The number of carboxylic acids is 2. The van der Waals surface area contributed by atoms with Gasteiger partial charge in [0.05, 0.1) is 12.7 Å². The lowest BCUT2D eigenvalue weighted by atomic mass is 10.2. The Morgan fingerprint density at radius 2 is 1.69 bits per heavy atom. The number of aliphatic carboxylic acids is 1. The SMILES string of the molecule is O=C(O)COc1c(I)cc(C(=O)O)cc1I. The quantitative estimate of drug-likeness (QED) is 0.690. The van der Waals surface area contributed by atoms with Gasteiger partial charge in [-0.3, -0.25) is 0 Å². The van der Waals surface area contributed by atoms with Gasteiger partial charge in [-0.05, 0) is 57.3 Å². The summed E-state index contributed by atoms with van der Waals surface area (Å²) in [4.78, 5) is 21.1. The molecule has 7 heteroatoms. The van der Waals surface area contributed by atoms with Crippen molar-refractivity contribution >= 4 is 57.1 Å². The van der Waals surface area contributed by atoms with Crippen molar-refractivity contribution in [2.45, 2.75) is 0 Å². The van der Waals surface area contributed by atoms with Crippen LogP contribution in [0.2, 0.25) is 0 Å². The van der Waals surface area contributed by atoms with E-state index < -0.39 is 18.5 Å². The molecule has 0 aromatic heterocycles. The van der Waals surface area contributed by atoms with Gasteiger partial charge in [0.2, 0.25) is 0 Å². The zero-order valence-corrected chi connectivity index (χ0v) is 12.1. The summed E-state index contributed by atoms with van der Waals surface area (Å²) < 4.78 is 6.20. The Labute approximate surface area is 118 Å². The summed E-state index contributed by atoms with van der Waals surface area (Å²) in [6.07, 6.45) is 0. The maximum absolute atomic E-state index is 10.7. The van der Waals surface area contributed by atoms with Gasteiger partial charge in [0.1, 0.15) is 5.75 Å². The van der Waals surface area contributed by atoms with Crippen molar-refractivity contribution in [1.82, 2.24) is 0 Å². The van der Waals surface area contributed by atoms with Crippen LogP contribution in [0.25, 0.3) is 0 Å². The van der Waals surface area contributed by atoms with Crippen LogP contribution in [0.3, 0.4) is 0 Å². The summed E-state index contributed by atoms with van der Waals surface area (Å²) in [5.74, 6) is -1.71. The van der Waals surface area contributed by atoms with Gasteiger partial charge in [-0.2, -0.15) is 0 Å². The van der Waals surface area contributed by atoms with Gasteiger partial charge in [0.25, 0.3) is 0 Å². The second-order valence-corrected chi connectivity index (χ2v) is 5.08. The average molecular weight is 448 g/mol. The Bertz CT molecular complexity index is 421. The van der Waals surface area contributed by atoms with E-state index in [1.807, 2.05) is 45.2 Å². The van der Waals surface area contributed by atoms with E-state index in [1.54, 1.807) is 0 Å². The van der Waals surface area contributed by atoms with Crippen molar-refractivity contribution in [3.05, 3.63) is 24.8 Å². The molecule has 0 heterocycles. The number of hydrogen-bond acceptors (Lipinski definition) is 3. The van der Waals surface area contributed by atoms with Crippen molar-refractivity contribution < 1.29 is 24.5 Å². The minimum Gasteiger partial charge on any atom is -0.480 e. The monoisotopic (exact) mass is 448 g/mol. The van der Waals surface area contributed by atoms with Gasteiger partial charge < -0.3 is 14.9 Å². The molecule has 1 aromatic carbocycles. The number of carboxylic acid groups (broad SMARTS) is 2. The first kappa shape index (κ1) is 13.5. The lowest BCUT2D eigenvalue weighted by Crippen LogP contribution is -2.11. The zero-order valence-electron chi connectivity index (χ0n) is 7.74. The molecule has 0 atom stereocenters. The van der Waals surface area contributed by atoms with Crippen LogP contribution in [-0.2, 0) is 4.79 Å². The third-order valence-corrected chi connectivity index (χ3v) is 3.19. The Morgan fingerprint density at radius 1 is 1.19 bits per heavy atom. The molecule has 0 aliphatic carbocycles. The van der Waals surface area contributed by atoms with E-state index in [1.165, 1.54) is 12.1 Å². The van der Waals surface area contributed by atoms with Crippen LogP contribution in [0.15, 0.2) is 12.1 Å². The van der Waals surface area contributed by atoms with Crippen LogP contribution in [0, 0.1) is 7.14 Å². The number of rotatable bonds is 4. The van der Waals surface area contributed by atoms with E-state index in [-0.39, 0.29) is 5.56 Å². The highest BCUT2D eigenvalue weighted by molar-refractivity contribution is 14.1. The van der Waals surface area contributed by atoms with E-state index in [4.69, 9.17) is 14.9 Å². The summed E-state index contributed by atoms with van der Waals surface area (Å²) in [5, 5.41) is 17.3. The van der Waals surface area contributed by atoms with Crippen LogP contribution in [0.1, 0.15) is 10.4 Å². The smallest absolute Gasteiger partial charge is 0.341 e. The summed E-state index contributed by atoms with van der Waals surface area (Å²) in [5.41, 5.74) is 0.150. The van der Waals surface area contributed by atoms with E-state index >= 15 is 0 Å². The first-order chi connectivity index (χ1) is 7.41. The highest BCUT2D eigenvalue weighted by Crippen LogP contribution is 2.28. The number of hydrogen-bond donors (Lipinski definition) is 2. The number of aromatic carboxylic acids is 1. The standard InChI is InChI=1S/C9H6I2O5/c10-5-1-4(9(14)15)2-6(11)8(5)16-3-7(12)13/h1-2H,3H2,(H,12,13)(H,14,15). The summed E-state index contributed by atoms with van der Waals surface area (Å²) in [7, 11) is 0. The number of ether oxygens (including phenoxy) is 1. The highest BCUT2D eigenvalue weighted by Gasteiger charge is 2.13. The van der Waals surface area contributed by atoms with E-state index in [0.717, 1.165) is 0 Å². The summed E-state index contributed by atoms with van der Waals surface area (Å²) in [6, 6.07) is 2.87. The lowest BCUT2D eigenvalue weighted by molar-refractivity contribution is -0.139. The van der Waals surface area contributed by atoms with E-state index in [9.17, 15) is 9.59 Å². The molecule has 0 radical (unpaired) electrons. The Morgan fingerprint density at radius 3 is 2.06 bits per heavy atom. The highest BCUT2D eigenvalue weighted by atomic mass is 127. The fraction of sp³-hybridized carbons (Fsp3) is 0.111. The van der Waals surface area contributed by atoms with Gasteiger partial charge in [-0.1, -0.05) is 0 Å². The van der Waals surface area contributed by atoms with Crippen LogP contribution in [0.5, 0.6) is 5.75 Å². The van der Waals surface area contributed by atoms with Crippen molar-refractivity contribution in [2.24, 2.45) is 0 Å². The maximum Gasteiger partial charge on any atom is 0.341 e. The van der Waals surface area contributed by atoms with Crippen LogP contribution in [0.4, 0.5) is 0 Å². The number of benzene rings is 1. The summed E-state index contributed by atoms with van der Waals surface area (Å²) in [6.45, 7) is -0.446.